The lowest BCUT2D eigenvalue weighted by atomic mass is 10.0. The number of aryl methyl sites for hydroxylation is 1. The molecule has 0 fully saturated rings. The van der Waals surface area contributed by atoms with E-state index < -0.39 is 0 Å². The minimum absolute atomic E-state index is 0.741. The van der Waals surface area contributed by atoms with Crippen LogP contribution in [-0.2, 0) is 12.8 Å². The predicted octanol–water partition coefficient (Wildman–Crippen LogP) is 5.78. The van der Waals surface area contributed by atoms with Gasteiger partial charge in [-0.3, -0.25) is 4.98 Å². The van der Waals surface area contributed by atoms with Crippen molar-refractivity contribution >= 4 is 33.4 Å². The molecule has 0 aliphatic heterocycles. The van der Waals surface area contributed by atoms with Crippen LogP contribution in [0.15, 0.2) is 78.0 Å². The summed E-state index contributed by atoms with van der Waals surface area (Å²) < 4.78 is 2.07. The normalized spacial score (nSPS) is 11.4. The van der Waals surface area contributed by atoms with Crippen molar-refractivity contribution in [1.82, 2.24) is 19.7 Å². The van der Waals surface area contributed by atoms with E-state index in [9.17, 15) is 0 Å². The molecule has 0 atom stereocenters. The summed E-state index contributed by atoms with van der Waals surface area (Å²) in [4.78, 5) is 4.95. The summed E-state index contributed by atoms with van der Waals surface area (Å²) in [6.07, 6.45) is 0. The Bertz CT molecular complexity index is 1340. The molecule has 0 amide bonds. The van der Waals surface area contributed by atoms with Crippen LogP contribution in [0, 0.1) is 6.92 Å². The van der Waals surface area contributed by atoms with Gasteiger partial charge >= 0.3 is 0 Å². The topological polar surface area (TPSA) is 43.6 Å². The number of rotatable bonds is 4. The van der Waals surface area contributed by atoms with Gasteiger partial charge in [-0.1, -0.05) is 78.5 Å². The third-order valence-electron chi connectivity index (χ3n) is 5.25. The van der Waals surface area contributed by atoms with E-state index >= 15 is 0 Å². The van der Waals surface area contributed by atoms with Crippen molar-refractivity contribution in [2.24, 2.45) is 7.05 Å². The lowest BCUT2D eigenvalue weighted by molar-refractivity contribution is 0.793. The van der Waals surface area contributed by atoms with Gasteiger partial charge in [-0.25, -0.2) is 0 Å². The summed E-state index contributed by atoms with van der Waals surface area (Å²) in [5.41, 5.74) is 4.41. The molecule has 3 aromatic carbocycles. The van der Waals surface area contributed by atoms with Crippen molar-refractivity contribution in [2.45, 2.75) is 17.8 Å². The molecule has 0 aliphatic carbocycles. The first kappa shape index (κ1) is 17.9. The van der Waals surface area contributed by atoms with Crippen LogP contribution in [0.2, 0.25) is 0 Å². The Morgan fingerprint density at radius 3 is 2.31 bits per heavy atom. The van der Waals surface area contributed by atoms with Crippen molar-refractivity contribution < 1.29 is 0 Å². The quantitative estimate of drug-likeness (QED) is 0.285. The number of hydrogen-bond donors (Lipinski definition) is 0. The Morgan fingerprint density at radius 2 is 1.48 bits per heavy atom. The van der Waals surface area contributed by atoms with Gasteiger partial charge in [-0.05, 0) is 23.9 Å². The molecular weight excluding hydrogens is 376 g/mol. The number of pyridine rings is 1. The first-order chi connectivity index (χ1) is 14.2. The second-order valence-electron chi connectivity index (χ2n) is 7.09. The van der Waals surface area contributed by atoms with Crippen molar-refractivity contribution in [3.63, 3.8) is 0 Å². The molecule has 0 radical (unpaired) electrons. The van der Waals surface area contributed by atoms with Crippen LogP contribution in [0.3, 0.4) is 0 Å². The number of fused-ring (bicyclic) bond motifs is 3. The number of para-hydroxylation sites is 1. The fourth-order valence-electron chi connectivity index (χ4n) is 3.72. The first-order valence-corrected chi connectivity index (χ1v) is 10.6. The van der Waals surface area contributed by atoms with E-state index in [1.165, 1.54) is 21.7 Å². The summed E-state index contributed by atoms with van der Waals surface area (Å²) in [6.45, 7) is 2.10. The Labute approximate surface area is 173 Å². The second kappa shape index (κ2) is 7.33. The van der Waals surface area contributed by atoms with Crippen molar-refractivity contribution in [3.05, 3.63) is 84.1 Å². The van der Waals surface area contributed by atoms with Gasteiger partial charge < -0.3 is 4.57 Å². The highest BCUT2D eigenvalue weighted by Crippen LogP contribution is 2.31. The van der Waals surface area contributed by atoms with Gasteiger partial charge in [0.2, 0.25) is 0 Å². The van der Waals surface area contributed by atoms with Crippen LogP contribution in [0.5, 0.6) is 0 Å². The molecule has 0 saturated heterocycles. The van der Waals surface area contributed by atoms with Gasteiger partial charge in [-0.15, -0.1) is 10.2 Å². The molecule has 5 heteroatoms. The average molecular weight is 397 g/mol. The fourth-order valence-corrected chi connectivity index (χ4v) is 4.58. The van der Waals surface area contributed by atoms with E-state index in [1.54, 1.807) is 11.8 Å². The molecule has 0 bridgehead atoms. The standard InChI is InChI=1S/C24H20N4S/c1-16-9-3-4-10-17(16)23-26-27-24(28(23)2)29-15-22-20-13-6-5-11-18(20)19-12-7-8-14-21(19)25-22/h3-14H,15H2,1-2H3. The molecular formula is C24H20N4S. The van der Waals surface area contributed by atoms with Crippen molar-refractivity contribution in [2.75, 3.05) is 0 Å². The molecule has 142 valence electrons. The number of nitrogens with zero attached hydrogens (tertiary/aromatic N) is 4. The minimum Gasteiger partial charge on any atom is -0.305 e. The maximum absolute atomic E-state index is 4.95. The monoisotopic (exact) mass is 396 g/mol. The molecule has 0 spiro atoms. The molecule has 2 heterocycles. The average Bonchev–Trinajstić information content (AvgIpc) is 3.12. The van der Waals surface area contributed by atoms with Crippen LogP contribution in [0.25, 0.3) is 33.1 Å². The van der Waals surface area contributed by atoms with Gasteiger partial charge in [0.15, 0.2) is 11.0 Å². The number of hydrogen-bond acceptors (Lipinski definition) is 4. The van der Waals surface area contributed by atoms with E-state index in [4.69, 9.17) is 4.98 Å². The molecule has 0 saturated carbocycles. The van der Waals surface area contributed by atoms with Crippen LogP contribution in [0.4, 0.5) is 0 Å². The van der Waals surface area contributed by atoms with E-state index in [0.29, 0.717) is 0 Å². The summed E-state index contributed by atoms with van der Waals surface area (Å²) in [7, 11) is 2.02. The van der Waals surface area contributed by atoms with E-state index in [-0.39, 0.29) is 0 Å². The van der Waals surface area contributed by atoms with E-state index in [1.807, 2.05) is 25.2 Å². The van der Waals surface area contributed by atoms with Crippen LogP contribution >= 0.6 is 11.8 Å². The summed E-state index contributed by atoms with van der Waals surface area (Å²) in [5, 5.41) is 13.4. The van der Waals surface area contributed by atoms with E-state index in [0.717, 1.165) is 33.5 Å². The molecule has 0 aliphatic rings. The van der Waals surface area contributed by atoms with Gasteiger partial charge in [0.05, 0.1) is 11.2 Å². The Morgan fingerprint density at radius 1 is 0.793 bits per heavy atom. The summed E-state index contributed by atoms with van der Waals surface area (Å²) in [6, 6.07) is 25.1. The zero-order valence-electron chi connectivity index (χ0n) is 16.3. The zero-order valence-corrected chi connectivity index (χ0v) is 17.1. The molecule has 5 aromatic rings. The lowest BCUT2D eigenvalue weighted by Gasteiger charge is -2.10. The minimum atomic E-state index is 0.741. The Balaban J connectivity index is 1.51. The molecule has 29 heavy (non-hydrogen) atoms. The molecule has 0 N–H and O–H groups in total. The number of benzene rings is 3. The lowest BCUT2D eigenvalue weighted by Crippen LogP contribution is -1.97. The maximum atomic E-state index is 4.95. The maximum Gasteiger partial charge on any atom is 0.191 e. The van der Waals surface area contributed by atoms with Gasteiger partial charge in [0, 0.05) is 29.1 Å². The van der Waals surface area contributed by atoms with Gasteiger partial charge in [-0.2, -0.15) is 0 Å². The first-order valence-electron chi connectivity index (χ1n) is 9.57. The van der Waals surface area contributed by atoms with Gasteiger partial charge in [0.1, 0.15) is 0 Å². The van der Waals surface area contributed by atoms with E-state index in [2.05, 4.69) is 76.3 Å². The molecule has 5 rings (SSSR count). The second-order valence-corrected chi connectivity index (χ2v) is 8.03. The smallest absolute Gasteiger partial charge is 0.191 e. The van der Waals surface area contributed by atoms with Crippen LogP contribution in [0.1, 0.15) is 11.3 Å². The zero-order chi connectivity index (χ0) is 19.8. The SMILES string of the molecule is Cc1ccccc1-c1nnc(SCc2nc3ccccc3c3ccccc23)n1C. The Kier molecular flexibility index (Phi) is 4.52. The molecule has 2 aromatic heterocycles. The predicted molar refractivity (Wildman–Crippen MR) is 120 cm³/mol. The fraction of sp³-hybridized carbons (Fsp3) is 0.125. The number of thioether (sulfide) groups is 1. The van der Waals surface area contributed by atoms with Crippen LogP contribution in [-0.4, -0.2) is 19.7 Å². The number of aromatic nitrogens is 4. The molecule has 0 unspecified atom stereocenters. The largest absolute Gasteiger partial charge is 0.305 e. The third kappa shape index (κ3) is 3.17. The van der Waals surface area contributed by atoms with Crippen molar-refractivity contribution in [3.8, 4) is 11.4 Å². The van der Waals surface area contributed by atoms with Crippen molar-refractivity contribution in [1.29, 1.82) is 0 Å². The highest BCUT2D eigenvalue weighted by molar-refractivity contribution is 7.98. The highest BCUT2D eigenvalue weighted by atomic mass is 32.2. The Hall–Kier alpha value is -3.18. The van der Waals surface area contributed by atoms with Gasteiger partial charge in [0.25, 0.3) is 0 Å². The third-order valence-corrected chi connectivity index (χ3v) is 6.28. The van der Waals surface area contributed by atoms with Crippen LogP contribution < -0.4 is 0 Å². The summed E-state index contributed by atoms with van der Waals surface area (Å²) in [5.74, 6) is 1.63. The summed E-state index contributed by atoms with van der Waals surface area (Å²) >= 11 is 1.67. The molecule has 4 nitrogen and oxygen atoms in total. The highest BCUT2D eigenvalue weighted by Gasteiger charge is 2.14.